The molecule has 1 aromatic carbocycles. The Balaban J connectivity index is 0.00000420. The average Bonchev–Trinajstić information content (AvgIpc) is 3.15. The first-order valence-corrected chi connectivity index (χ1v) is 9.46. The van der Waals surface area contributed by atoms with E-state index in [1.807, 2.05) is 20.8 Å². The van der Waals surface area contributed by atoms with Gasteiger partial charge in [-0.1, -0.05) is 31.5 Å². The number of halogens is 3. The predicted octanol–water partition coefficient (Wildman–Crippen LogP) is 3.84. The maximum Gasteiger partial charge on any atom is 0.242 e. The lowest BCUT2D eigenvalue weighted by Gasteiger charge is -2.27. The molecule has 3 N–H and O–H groups in total. The molecule has 2 rings (SSSR count). The van der Waals surface area contributed by atoms with Gasteiger partial charge in [0, 0.05) is 23.5 Å². The van der Waals surface area contributed by atoms with Crippen molar-refractivity contribution in [1.29, 1.82) is 0 Å². The monoisotopic (exact) mass is 536 g/mol. The van der Waals surface area contributed by atoms with Crippen LogP contribution in [-0.4, -0.2) is 31.5 Å². The van der Waals surface area contributed by atoms with Gasteiger partial charge in [-0.25, -0.2) is 9.38 Å². The number of amides is 1. The third-order valence-electron chi connectivity index (χ3n) is 4.12. The Hall–Kier alpha value is -1.81. The molecule has 0 unspecified atom stereocenters. The zero-order chi connectivity index (χ0) is 20.6. The van der Waals surface area contributed by atoms with Gasteiger partial charge in [0.05, 0.1) is 12.8 Å². The first-order chi connectivity index (χ1) is 13.3. The second kappa shape index (κ2) is 12.0. The number of benzene rings is 1. The molecule has 0 aliphatic heterocycles. The van der Waals surface area contributed by atoms with Crippen LogP contribution in [0.3, 0.4) is 0 Å². The number of nitrogens with one attached hydrogen (secondary N) is 3. The standard InChI is InChI=1S/C20H26ClFN4O2.HI/c1-4-23-19(25-12-18(27)24-11-15-6-5-9-28-15)26-13-20(2,3)16-8-7-14(22)10-17(16)21;/h5-10H,4,11-13H2,1-3H3,(H,24,27)(H2,23,25,26);1H. The summed E-state index contributed by atoms with van der Waals surface area (Å²) in [6, 6.07) is 7.94. The van der Waals surface area contributed by atoms with Gasteiger partial charge in [0.15, 0.2) is 5.96 Å². The molecule has 0 bridgehead atoms. The van der Waals surface area contributed by atoms with Gasteiger partial charge >= 0.3 is 0 Å². The Labute approximate surface area is 192 Å². The second-order valence-corrected chi connectivity index (χ2v) is 7.32. The highest BCUT2D eigenvalue weighted by Crippen LogP contribution is 2.29. The van der Waals surface area contributed by atoms with E-state index in [2.05, 4.69) is 20.9 Å². The van der Waals surface area contributed by atoms with Crippen LogP contribution < -0.4 is 16.0 Å². The molecule has 0 fully saturated rings. The van der Waals surface area contributed by atoms with Crippen molar-refractivity contribution in [3.05, 3.63) is 58.8 Å². The molecule has 0 radical (unpaired) electrons. The van der Waals surface area contributed by atoms with Gasteiger partial charge in [-0.05, 0) is 36.8 Å². The van der Waals surface area contributed by atoms with Crippen molar-refractivity contribution in [2.75, 3.05) is 19.6 Å². The van der Waals surface area contributed by atoms with E-state index < -0.39 is 0 Å². The van der Waals surface area contributed by atoms with E-state index in [-0.39, 0.29) is 47.7 Å². The molecule has 1 amide bonds. The molecule has 1 aromatic heterocycles. The van der Waals surface area contributed by atoms with Gasteiger partial charge in [-0.2, -0.15) is 0 Å². The molecular weight excluding hydrogens is 510 g/mol. The largest absolute Gasteiger partial charge is 0.467 e. The topological polar surface area (TPSA) is 78.7 Å². The maximum atomic E-state index is 13.3. The van der Waals surface area contributed by atoms with E-state index in [0.717, 1.165) is 5.56 Å². The smallest absolute Gasteiger partial charge is 0.242 e. The van der Waals surface area contributed by atoms with Gasteiger partial charge in [0.2, 0.25) is 5.91 Å². The molecule has 0 saturated carbocycles. The van der Waals surface area contributed by atoms with Crippen molar-refractivity contribution in [2.45, 2.75) is 32.7 Å². The fraction of sp³-hybridized carbons (Fsp3) is 0.400. The third-order valence-corrected chi connectivity index (χ3v) is 4.44. The highest BCUT2D eigenvalue weighted by atomic mass is 127. The first kappa shape index (κ1) is 25.2. The maximum absolute atomic E-state index is 13.3. The van der Waals surface area contributed by atoms with Gasteiger partial charge in [-0.15, -0.1) is 24.0 Å². The number of rotatable bonds is 8. The first-order valence-electron chi connectivity index (χ1n) is 9.08. The van der Waals surface area contributed by atoms with E-state index in [0.29, 0.717) is 36.4 Å². The SMILES string of the molecule is CCNC(=NCC(=O)NCc1ccco1)NCC(C)(C)c1ccc(F)cc1Cl.I. The fourth-order valence-electron chi connectivity index (χ4n) is 2.59. The number of carbonyl (C=O) groups is 1. The summed E-state index contributed by atoms with van der Waals surface area (Å²) in [5, 5.41) is 9.44. The van der Waals surface area contributed by atoms with Crippen molar-refractivity contribution >= 4 is 47.4 Å². The minimum atomic E-state index is -0.372. The average molecular weight is 537 g/mol. The van der Waals surface area contributed by atoms with E-state index in [4.69, 9.17) is 16.0 Å². The molecule has 0 aliphatic rings. The van der Waals surface area contributed by atoms with Gasteiger partial charge in [0.25, 0.3) is 0 Å². The number of hydrogen-bond donors (Lipinski definition) is 3. The Morgan fingerprint density at radius 2 is 2.00 bits per heavy atom. The van der Waals surface area contributed by atoms with Crippen LogP contribution in [0.5, 0.6) is 0 Å². The number of furan rings is 1. The lowest BCUT2D eigenvalue weighted by Crippen LogP contribution is -2.44. The molecule has 29 heavy (non-hydrogen) atoms. The van der Waals surface area contributed by atoms with Crippen LogP contribution in [0.1, 0.15) is 32.1 Å². The van der Waals surface area contributed by atoms with E-state index >= 15 is 0 Å². The molecule has 9 heteroatoms. The van der Waals surface area contributed by atoms with Crippen LogP contribution in [0.2, 0.25) is 5.02 Å². The van der Waals surface area contributed by atoms with E-state index in [9.17, 15) is 9.18 Å². The lowest BCUT2D eigenvalue weighted by molar-refractivity contribution is -0.119. The molecule has 1 heterocycles. The summed E-state index contributed by atoms with van der Waals surface area (Å²) in [6.07, 6.45) is 1.56. The number of hydrogen-bond acceptors (Lipinski definition) is 3. The van der Waals surface area contributed by atoms with Crippen LogP contribution in [0.15, 0.2) is 46.0 Å². The lowest BCUT2D eigenvalue weighted by atomic mass is 9.84. The number of guanidine groups is 1. The normalized spacial score (nSPS) is 11.6. The minimum absolute atomic E-state index is 0. The van der Waals surface area contributed by atoms with Crippen molar-refractivity contribution in [3.63, 3.8) is 0 Å². The van der Waals surface area contributed by atoms with Crippen molar-refractivity contribution in [3.8, 4) is 0 Å². The Kier molecular flexibility index (Phi) is 10.5. The molecule has 0 spiro atoms. The van der Waals surface area contributed by atoms with Crippen LogP contribution in [0.4, 0.5) is 4.39 Å². The number of aliphatic imine (C=N–C) groups is 1. The zero-order valence-electron chi connectivity index (χ0n) is 16.7. The summed E-state index contributed by atoms with van der Waals surface area (Å²) in [5.41, 5.74) is 0.456. The molecular formula is C20H27ClFIN4O2. The highest BCUT2D eigenvalue weighted by Gasteiger charge is 2.24. The molecule has 160 valence electrons. The molecule has 0 saturated heterocycles. The van der Waals surface area contributed by atoms with Crippen molar-refractivity contribution in [2.24, 2.45) is 4.99 Å². The third kappa shape index (κ3) is 8.22. The van der Waals surface area contributed by atoms with Crippen molar-refractivity contribution in [1.82, 2.24) is 16.0 Å². The summed E-state index contributed by atoms with van der Waals surface area (Å²) in [4.78, 5) is 16.3. The Morgan fingerprint density at radius 3 is 2.62 bits per heavy atom. The number of nitrogens with zero attached hydrogens (tertiary/aromatic N) is 1. The van der Waals surface area contributed by atoms with Gasteiger partial charge in [0.1, 0.15) is 18.1 Å². The van der Waals surface area contributed by atoms with E-state index in [1.54, 1.807) is 24.5 Å². The van der Waals surface area contributed by atoms with Crippen LogP contribution >= 0.6 is 35.6 Å². The molecule has 6 nitrogen and oxygen atoms in total. The summed E-state index contributed by atoms with van der Waals surface area (Å²) >= 11 is 6.20. The predicted molar refractivity (Wildman–Crippen MR) is 124 cm³/mol. The minimum Gasteiger partial charge on any atom is -0.467 e. The second-order valence-electron chi connectivity index (χ2n) is 6.91. The summed E-state index contributed by atoms with van der Waals surface area (Å²) in [5.74, 6) is 0.615. The summed E-state index contributed by atoms with van der Waals surface area (Å²) in [6.45, 7) is 7.39. The van der Waals surface area contributed by atoms with Gasteiger partial charge in [-0.3, -0.25) is 4.79 Å². The van der Waals surface area contributed by atoms with Crippen molar-refractivity contribution < 1.29 is 13.6 Å². The number of carbonyl (C=O) groups excluding carboxylic acids is 1. The van der Waals surface area contributed by atoms with Gasteiger partial charge < -0.3 is 20.4 Å². The fourth-order valence-corrected chi connectivity index (χ4v) is 3.01. The van der Waals surface area contributed by atoms with Crippen LogP contribution in [0, 0.1) is 5.82 Å². The summed E-state index contributed by atoms with van der Waals surface area (Å²) < 4.78 is 18.5. The van der Waals surface area contributed by atoms with Crippen LogP contribution in [0.25, 0.3) is 0 Å². The van der Waals surface area contributed by atoms with Crippen LogP contribution in [-0.2, 0) is 16.8 Å². The highest BCUT2D eigenvalue weighted by molar-refractivity contribution is 14.0. The molecule has 0 aliphatic carbocycles. The molecule has 0 atom stereocenters. The quantitative estimate of drug-likeness (QED) is 0.272. The zero-order valence-corrected chi connectivity index (χ0v) is 19.8. The van der Waals surface area contributed by atoms with E-state index in [1.165, 1.54) is 12.1 Å². The Morgan fingerprint density at radius 1 is 1.24 bits per heavy atom. The molecule has 2 aromatic rings. The Bertz CT molecular complexity index is 813. The summed E-state index contributed by atoms with van der Waals surface area (Å²) in [7, 11) is 0.